The molecule has 1 N–H and O–H groups in total. The number of ketones is 1. The highest BCUT2D eigenvalue weighted by molar-refractivity contribution is 6.09. The molecule has 2 aromatic heterocycles. The number of aromatic nitrogens is 4. The van der Waals surface area contributed by atoms with Crippen molar-refractivity contribution in [3.05, 3.63) is 54.0 Å². The van der Waals surface area contributed by atoms with Crippen LogP contribution in [-0.4, -0.2) is 38.9 Å². The molecular formula is C15H13N5O. The van der Waals surface area contributed by atoms with E-state index in [1.165, 1.54) is 0 Å². The maximum atomic E-state index is 12.5. The molecule has 21 heavy (non-hydrogen) atoms. The lowest BCUT2D eigenvalue weighted by atomic mass is 10.1. The summed E-state index contributed by atoms with van der Waals surface area (Å²) in [4.78, 5) is 16.7. The average molecular weight is 279 g/mol. The van der Waals surface area contributed by atoms with Gasteiger partial charge in [-0.15, -0.1) is 5.10 Å². The molecule has 0 amide bonds. The zero-order valence-electron chi connectivity index (χ0n) is 11.2. The number of hydrogen-bond donors (Lipinski definition) is 1. The molecule has 1 aliphatic heterocycles. The Kier molecular flexibility index (Phi) is 2.75. The van der Waals surface area contributed by atoms with Crippen LogP contribution in [0.25, 0.3) is 10.9 Å². The number of carbonyl (C=O) groups excluding carboxylic acids is 1. The smallest absolute Gasteiger partial charge is 0.214 e. The SMILES string of the molecule is O=C(c1ccc2ncccc2c1)c1cn(C2CNC2)nn1. The summed E-state index contributed by atoms with van der Waals surface area (Å²) in [6, 6.07) is 9.57. The fourth-order valence-corrected chi connectivity index (χ4v) is 2.38. The second-order valence-electron chi connectivity index (χ2n) is 5.14. The lowest BCUT2D eigenvalue weighted by molar-refractivity contribution is 0.103. The summed E-state index contributed by atoms with van der Waals surface area (Å²) in [6.07, 6.45) is 3.46. The monoisotopic (exact) mass is 279 g/mol. The van der Waals surface area contributed by atoms with Crippen LogP contribution in [0.3, 0.4) is 0 Å². The van der Waals surface area contributed by atoms with Crippen molar-refractivity contribution >= 4 is 16.7 Å². The van der Waals surface area contributed by atoms with Crippen LogP contribution in [-0.2, 0) is 0 Å². The van der Waals surface area contributed by atoms with Crippen molar-refractivity contribution in [3.63, 3.8) is 0 Å². The highest BCUT2D eigenvalue weighted by atomic mass is 16.1. The second-order valence-corrected chi connectivity index (χ2v) is 5.14. The molecule has 104 valence electrons. The molecule has 6 nitrogen and oxygen atoms in total. The van der Waals surface area contributed by atoms with Gasteiger partial charge in [0.25, 0.3) is 0 Å². The summed E-state index contributed by atoms with van der Waals surface area (Å²) < 4.78 is 1.76. The molecule has 0 atom stereocenters. The molecule has 1 saturated heterocycles. The number of fused-ring (bicyclic) bond motifs is 1. The second kappa shape index (κ2) is 4.75. The summed E-state index contributed by atoms with van der Waals surface area (Å²) in [7, 11) is 0. The van der Waals surface area contributed by atoms with E-state index in [4.69, 9.17) is 0 Å². The zero-order valence-corrected chi connectivity index (χ0v) is 11.2. The first-order valence-corrected chi connectivity index (χ1v) is 6.83. The topological polar surface area (TPSA) is 72.7 Å². The third kappa shape index (κ3) is 2.09. The van der Waals surface area contributed by atoms with Crippen molar-refractivity contribution in [1.82, 2.24) is 25.3 Å². The van der Waals surface area contributed by atoms with E-state index in [0.717, 1.165) is 24.0 Å². The Morgan fingerprint density at radius 3 is 3.00 bits per heavy atom. The Labute approximate surface area is 120 Å². The molecule has 0 saturated carbocycles. The standard InChI is InChI=1S/C15H13N5O/c21-15(14-9-20(19-18-14)12-7-16-8-12)11-3-4-13-10(6-11)2-1-5-17-13/h1-6,9,12,16H,7-8H2. The molecule has 4 rings (SSSR count). The molecule has 6 heteroatoms. The quantitative estimate of drug-likeness (QED) is 0.729. The minimum Gasteiger partial charge on any atom is -0.312 e. The van der Waals surface area contributed by atoms with Gasteiger partial charge in [0.05, 0.1) is 17.8 Å². The van der Waals surface area contributed by atoms with E-state index >= 15 is 0 Å². The molecule has 3 aromatic rings. The van der Waals surface area contributed by atoms with Crippen LogP contribution >= 0.6 is 0 Å². The van der Waals surface area contributed by atoms with Crippen molar-refractivity contribution in [1.29, 1.82) is 0 Å². The number of pyridine rings is 1. The van der Waals surface area contributed by atoms with Gasteiger partial charge >= 0.3 is 0 Å². The number of rotatable bonds is 3. The van der Waals surface area contributed by atoms with E-state index in [1.807, 2.05) is 24.3 Å². The Balaban J connectivity index is 1.67. The fraction of sp³-hybridized carbons (Fsp3) is 0.200. The van der Waals surface area contributed by atoms with Gasteiger partial charge in [0, 0.05) is 30.2 Å². The molecule has 1 aromatic carbocycles. The van der Waals surface area contributed by atoms with Crippen LogP contribution in [0.1, 0.15) is 22.1 Å². The van der Waals surface area contributed by atoms with Crippen molar-refractivity contribution < 1.29 is 4.79 Å². The first kappa shape index (κ1) is 12.2. The van der Waals surface area contributed by atoms with E-state index in [-0.39, 0.29) is 5.78 Å². The van der Waals surface area contributed by atoms with Crippen LogP contribution in [0.15, 0.2) is 42.7 Å². The molecule has 0 aliphatic carbocycles. The van der Waals surface area contributed by atoms with Gasteiger partial charge in [-0.05, 0) is 24.3 Å². The maximum absolute atomic E-state index is 12.5. The molecule has 1 aliphatic rings. The Bertz CT molecular complexity index is 822. The molecule has 3 heterocycles. The van der Waals surface area contributed by atoms with Gasteiger partial charge in [0.1, 0.15) is 0 Å². The molecule has 0 radical (unpaired) electrons. The van der Waals surface area contributed by atoms with Crippen LogP contribution in [0.5, 0.6) is 0 Å². The first-order chi connectivity index (χ1) is 10.3. The van der Waals surface area contributed by atoms with E-state index in [1.54, 1.807) is 23.1 Å². The number of nitrogens with zero attached hydrogens (tertiary/aromatic N) is 4. The summed E-state index contributed by atoms with van der Waals surface area (Å²) in [6.45, 7) is 1.75. The lowest BCUT2D eigenvalue weighted by Crippen LogP contribution is -2.43. The Hall–Kier alpha value is -2.60. The minimum absolute atomic E-state index is 0.112. The predicted molar refractivity (Wildman–Crippen MR) is 77.1 cm³/mol. The molecule has 0 spiro atoms. The van der Waals surface area contributed by atoms with Crippen molar-refractivity contribution in [2.75, 3.05) is 13.1 Å². The number of hydrogen-bond acceptors (Lipinski definition) is 5. The maximum Gasteiger partial charge on any atom is 0.214 e. The van der Waals surface area contributed by atoms with Gasteiger partial charge in [-0.2, -0.15) is 0 Å². The van der Waals surface area contributed by atoms with Gasteiger partial charge in [-0.1, -0.05) is 11.3 Å². The largest absolute Gasteiger partial charge is 0.312 e. The van der Waals surface area contributed by atoms with Crippen LogP contribution in [0.2, 0.25) is 0 Å². The highest BCUT2D eigenvalue weighted by Gasteiger charge is 2.22. The van der Waals surface area contributed by atoms with Crippen molar-refractivity contribution in [2.24, 2.45) is 0 Å². The fourth-order valence-electron chi connectivity index (χ4n) is 2.38. The van der Waals surface area contributed by atoms with E-state index < -0.39 is 0 Å². The molecular weight excluding hydrogens is 266 g/mol. The number of benzene rings is 1. The zero-order chi connectivity index (χ0) is 14.2. The molecule has 1 fully saturated rings. The minimum atomic E-state index is -0.112. The van der Waals surface area contributed by atoms with E-state index in [9.17, 15) is 4.79 Å². The van der Waals surface area contributed by atoms with Crippen molar-refractivity contribution in [2.45, 2.75) is 6.04 Å². The summed E-state index contributed by atoms with van der Waals surface area (Å²) in [5, 5.41) is 12.1. The van der Waals surface area contributed by atoms with Crippen LogP contribution in [0.4, 0.5) is 0 Å². The third-order valence-electron chi connectivity index (χ3n) is 3.74. The predicted octanol–water partition coefficient (Wildman–Crippen LogP) is 1.20. The van der Waals surface area contributed by atoms with Crippen LogP contribution in [0, 0.1) is 0 Å². The summed E-state index contributed by atoms with van der Waals surface area (Å²) in [5.41, 5.74) is 1.86. The Morgan fingerprint density at radius 1 is 1.29 bits per heavy atom. The Morgan fingerprint density at radius 2 is 2.19 bits per heavy atom. The van der Waals surface area contributed by atoms with E-state index in [2.05, 4.69) is 20.6 Å². The van der Waals surface area contributed by atoms with Gasteiger partial charge in [0.2, 0.25) is 5.78 Å². The number of nitrogens with one attached hydrogen (secondary N) is 1. The normalized spacial score (nSPS) is 15.0. The number of carbonyl (C=O) groups is 1. The lowest BCUT2D eigenvalue weighted by Gasteiger charge is -2.26. The van der Waals surface area contributed by atoms with E-state index in [0.29, 0.717) is 17.3 Å². The first-order valence-electron chi connectivity index (χ1n) is 6.83. The molecule has 0 bridgehead atoms. The van der Waals surface area contributed by atoms with Gasteiger partial charge < -0.3 is 5.32 Å². The van der Waals surface area contributed by atoms with Gasteiger partial charge in [0.15, 0.2) is 5.69 Å². The summed E-state index contributed by atoms with van der Waals surface area (Å²) in [5.74, 6) is -0.112. The van der Waals surface area contributed by atoms with Crippen LogP contribution < -0.4 is 5.32 Å². The third-order valence-corrected chi connectivity index (χ3v) is 3.74. The van der Waals surface area contributed by atoms with Crippen molar-refractivity contribution in [3.8, 4) is 0 Å². The average Bonchev–Trinajstić information content (AvgIpc) is 2.93. The highest BCUT2D eigenvalue weighted by Crippen LogP contribution is 2.17. The van der Waals surface area contributed by atoms with Gasteiger partial charge in [-0.25, -0.2) is 4.68 Å². The summed E-state index contributed by atoms with van der Waals surface area (Å²) >= 11 is 0. The van der Waals surface area contributed by atoms with Gasteiger partial charge in [-0.3, -0.25) is 9.78 Å². The molecule has 0 unspecified atom stereocenters.